The third-order valence-electron chi connectivity index (χ3n) is 2.16. The van der Waals surface area contributed by atoms with Gasteiger partial charge in [-0.2, -0.15) is 4.98 Å². The van der Waals surface area contributed by atoms with Crippen LogP contribution in [0.1, 0.15) is 17.0 Å². The summed E-state index contributed by atoms with van der Waals surface area (Å²) in [6.07, 6.45) is 0.567. The summed E-state index contributed by atoms with van der Waals surface area (Å²) >= 11 is 0. The monoisotopic (exact) mass is 204 g/mol. The van der Waals surface area contributed by atoms with Crippen molar-refractivity contribution in [3.63, 3.8) is 0 Å². The molecule has 0 spiro atoms. The molecule has 0 saturated carbocycles. The van der Waals surface area contributed by atoms with Crippen molar-refractivity contribution < 1.29 is 4.52 Å². The van der Waals surface area contributed by atoms with E-state index in [4.69, 9.17) is 16.0 Å². The van der Waals surface area contributed by atoms with Crippen molar-refractivity contribution in [1.29, 1.82) is 0 Å². The van der Waals surface area contributed by atoms with Crippen LogP contribution in [0.3, 0.4) is 0 Å². The molecule has 5 heteroatoms. The molecule has 1 aromatic heterocycles. The number of nitrogen functional groups attached to an aromatic ring is 1. The van der Waals surface area contributed by atoms with Gasteiger partial charge in [-0.1, -0.05) is 24.3 Å². The molecule has 0 aliphatic carbocycles. The normalized spacial score (nSPS) is 10.5. The summed E-state index contributed by atoms with van der Waals surface area (Å²) in [5, 5.41) is 3.53. The van der Waals surface area contributed by atoms with E-state index < -0.39 is 0 Å². The van der Waals surface area contributed by atoms with Crippen LogP contribution < -0.4 is 11.5 Å². The Balaban J connectivity index is 2.23. The standard InChI is InChI=1S/C10H12N4O/c11-6-8-4-2-1-3-7(8)5-9-13-10(12)14-15-9/h1-4H,5-6,11H2,(H2,12,14). The molecule has 4 N–H and O–H groups in total. The van der Waals surface area contributed by atoms with Gasteiger partial charge in [-0.3, -0.25) is 0 Å². The Labute approximate surface area is 87.1 Å². The van der Waals surface area contributed by atoms with Gasteiger partial charge in [0.15, 0.2) is 0 Å². The minimum Gasteiger partial charge on any atom is -0.365 e. The van der Waals surface area contributed by atoms with Crippen LogP contribution >= 0.6 is 0 Å². The van der Waals surface area contributed by atoms with Crippen molar-refractivity contribution in [2.45, 2.75) is 13.0 Å². The lowest BCUT2D eigenvalue weighted by Crippen LogP contribution is -2.02. The number of hydrogen-bond acceptors (Lipinski definition) is 5. The van der Waals surface area contributed by atoms with Gasteiger partial charge in [-0.05, 0) is 16.3 Å². The van der Waals surface area contributed by atoms with Gasteiger partial charge in [-0.25, -0.2) is 0 Å². The van der Waals surface area contributed by atoms with Crippen molar-refractivity contribution in [3.8, 4) is 0 Å². The number of hydrogen-bond donors (Lipinski definition) is 2. The summed E-state index contributed by atoms with van der Waals surface area (Å²) in [6, 6.07) is 7.87. The predicted molar refractivity (Wildman–Crippen MR) is 55.8 cm³/mol. The average Bonchev–Trinajstić information content (AvgIpc) is 2.65. The quantitative estimate of drug-likeness (QED) is 0.768. The largest absolute Gasteiger partial charge is 0.365 e. The van der Waals surface area contributed by atoms with E-state index >= 15 is 0 Å². The Morgan fingerprint density at radius 3 is 2.53 bits per heavy atom. The molecule has 0 atom stereocenters. The third-order valence-corrected chi connectivity index (χ3v) is 2.16. The Kier molecular flexibility index (Phi) is 2.64. The number of nitrogens with two attached hydrogens (primary N) is 2. The molecule has 0 saturated heterocycles. The first-order valence-corrected chi connectivity index (χ1v) is 4.64. The summed E-state index contributed by atoms with van der Waals surface area (Å²) < 4.78 is 4.94. The molecule has 15 heavy (non-hydrogen) atoms. The minimum atomic E-state index is 0.162. The molecular weight excluding hydrogens is 192 g/mol. The first-order valence-electron chi connectivity index (χ1n) is 4.64. The van der Waals surface area contributed by atoms with Crippen LogP contribution in [0.25, 0.3) is 0 Å². The van der Waals surface area contributed by atoms with E-state index in [2.05, 4.69) is 10.1 Å². The molecule has 1 aromatic carbocycles. The highest BCUT2D eigenvalue weighted by atomic mass is 16.5. The van der Waals surface area contributed by atoms with E-state index in [-0.39, 0.29) is 5.95 Å². The second-order valence-corrected chi connectivity index (χ2v) is 3.20. The van der Waals surface area contributed by atoms with Gasteiger partial charge < -0.3 is 16.0 Å². The highest BCUT2D eigenvalue weighted by molar-refractivity contribution is 5.29. The van der Waals surface area contributed by atoms with Gasteiger partial charge in [0.2, 0.25) is 5.89 Å². The molecule has 0 fully saturated rings. The first-order chi connectivity index (χ1) is 7.29. The van der Waals surface area contributed by atoms with Crippen LogP contribution in [0, 0.1) is 0 Å². The van der Waals surface area contributed by atoms with E-state index in [0.717, 1.165) is 11.1 Å². The van der Waals surface area contributed by atoms with Crippen molar-refractivity contribution >= 4 is 5.95 Å². The van der Waals surface area contributed by atoms with Crippen LogP contribution in [0.15, 0.2) is 28.8 Å². The van der Waals surface area contributed by atoms with E-state index in [1.807, 2.05) is 24.3 Å². The highest BCUT2D eigenvalue weighted by Crippen LogP contribution is 2.13. The summed E-state index contributed by atoms with van der Waals surface area (Å²) in [4.78, 5) is 3.94. The molecule has 2 rings (SSSR count). The molecule has 0 aliphatic rings. The molecular formula is C10H12N4O. The number of rotatable bonds is 3. The van der Waals surface area contributed by atoms with Gasteiger partial charge in [0.05, 0.1) is 6.42 Å². The third kappa shape index (κ3) is 2.13. The molecule has 0 amide bonds. The van der Waals surface area contributed by atoms with Crippen molar-refractivity contribution in [2.75, 3.05) is 5.73 Å². The van der Waals surface area contributed by atoms with Gasteiger partial charge in [0.25, 0.3) is 5.95 Å². The Morgan fingerprint density at radius 1 is 1.20 bits per heavy atom. The van der Waals surface area contributed by atoms with Crippen molar-refractivity contribution in [2.24, 2.45) is 5.73 Å². The van der Waals surface area contributed by atoms with Gasteiger partial charge >= 0.3 is 0 Å². The summed E-state index contributed by atoms with van der Waals surface area (Å²) in [5.41, 5.74) is 13.1. The molecule has 0 aliphatic heterocycles. The van der Waals surface area contributed by atoms with Crippen LogP contribution in [-0.2, 0) is 13.0 Å². The lowest BCUT2D eigenvalue weighted by molar-refractivity contribution is 0.386. The molecule has 0 bridgehead atoms. The lowest BCUT2D eigenvalue weighted by Gasteiger charge is -2.03. The molecule has 5 nitrogen and oxygen atoms in total. The minimum absolute atomic E-state index is 0.162. The maximum atomic E-state index is 5.62. The zero-order valence-corrected chi connectivity index (χ0v) is 8.18. The van der Waals surface area contributed by atoms with Gasteiger partial charge in [0, 0.05) is 6.54 Å². The molecule has 0 radical (unpaired) electrons. The molecule has 2 aromatic rings. The second-order valence-electron chi connectivity index (χ2n) is 3.20. The molecule has 78 valence electrons. The van der Waals surface area contributed by atoms with E-state index in [9.17, 15) is 0 Å². The summed E-state index contributed by atoms with van der Waals surface area (Å²) in [6.45, 7) is 0.500. The number of anilines is 1. The molecule has 1 heterocycles. The van der Waals surface area contributed by atoms with Gasteiger partial charge in [-0.15, -0.1) is 0 Å². The van der Waals surface area contributed by atoms with E-state index in [0.29, 0.717) is 18.9 Å². The highest BCUT2D eigenvalue weighted by Gasteiger charge is 2.07. The fraction of sp³-hybridized carbons (Fsp3) is 0.200. The van der Waals surface area contributed by atoms with Crippen LogP contribution in [0.2, 0.25) is 0 Å². The van der Waals surface area contributed by atoms with E-state index in [1.165, 1.54) is 0 Å². The van der Waals surface area contributed by atoms with Crippen molar-refractivity contribution in [3.05, 3.63) is 41.3 Å². The fourth-order valence-electron chi connectivity index (χ4n) is 1.43. The Bertz CT molecular complexity index is 452. The SMILES string of the molecule is NCc1ccccc1Cc1nc(N)no1. The average molecular weight is 204 g/mol. The topological polar surface area (TPSA) is 91.0 Å². The zero-order chi connectivity index (χ0) is 10.7. The second kappa shape index (κ2) is 4.10. The number of aromatic nitrogens is 2. The fourth-order valence-corrected chi connectivity index (χ4v) is 1.43. The zero-order valence-electron chi connectivity index (χ0n) is 8.18. The van der Waals surface area contributed by atoms with Crippen LogP contribution in [0.4, 0.5) is 5.95 Å². The summed E-state index contributed by atoms with van der Waals surface area (Å²) in [5.74, 6) is 0.670. The van der Waals surface area contributed by atoms with Crippen LogP contribution in [0.5, 0.6) is 0 Å². The number of nitrogens with zero attached hydrogens (tertiary/aromatic N) is 2. The van der Waals surface area contributed by atoms with E-state index in [1.54, 1.807) is 0 Å². The maximum absolute atomic E-state index is 5.62. The molecule has 0 unspecified atom stereocenters. The number of benzene rings is 1. The lowest BCUT2D eigenvalue weighted by atomic mass is 10.0. The summed E-state index contributed by atoms with van der Waals surface area (Å²) in [7, 11) is 0. The van der Waals surface area contributed by atoms with Crippen LogP contribution in [-0.4, -0.2) is 10.1 Å². The van der Waals surface area contributed by atoms with Crippen molar-refractivity contribution in [1.82, 2.24) is 10.1 Å². The smallest absolute Gasteiger partial charge is 0.260 e. The Morgan fingerprint density at radius 2 is 1.93 bits per heavy atom. The predicted octanol–water partition coefficient (Wildman–Crippen LogP) is 0.701. The maximum Gasteiger partial charge on any atom is 0.260 e. The van der Waals surface area contributed by atoms with Gasteiger partial charge in [0.1, 0.15) is 0 Å². The first kappa shape index (κ1) is 9.67. The Hall–Kier alpha value is -1.88.